The van der Waals surface area contributed by atoms with E-state index in [4.69, 9.17) is 5.11 Å². The van der Waals surface area contributed by atoms with Crippen molar-refractivity contribution in [3.63, 3.8) is 0 Å². The number of hydrogen-bond acceptors (Lipinski definition) is 4. The van der Waals surface area contributed by atoms with E-state index in [9.17, 15) is 26.4 Å². The molecule has 1 aliphatic heterocycles. The van der Waals surface area contributed by atoms with Crippen LogP contribution in [0.15, 0.2) is 66.7 Å². The van der Waals surface area contributed by atoms with E-state index in [-0.39, 0.29) is 40.6 Å². The second kappa shape index (κ2) is 9.47. The van der Waals surface area contributed by atoms with Crippen LogP contribution in [0.5, 0.6) is 0 Å². The standard InChI is InChI=1S/C24H21F3N2O4S/c25-19-5-1-16(2-6-19)23(17-3-7-20(26)8-4-17)29-12-15(13-29)14-34(32,33)28-22-10-18(24(30)31)9-21(27)11-22/h1-11,15,23,28H,12-14H2,(H,30,31). The fourth-order valence-electron chi connectivity index (χ4n) is 4.13. The molecule has 0 unspecified atom stereocenters. The highest BCUT2D eigenvalue weighted by Crippen LogP contribution is 2.35. The fraction of sp³-hybridized carbons (Fsp3) is 0.208. The number of carbonyl (C=O) groups is 1. The lowest BCUT2D eigenvalue weighted by atomic mass is 9.91. The van der Waals surface area contributed by atoms with E-state index in [1.165, 1.54) is 24.3 Å². The minimum absolute atomic E-state index is 0.163. The molecule has 1 saturated heterocycles. The predicted octanol–water partition coefficient (Wildman–Crippen LogP) is 4.27. The van der Waals surface area contributed by atoms with E-state index in [1.807, 2.05) is 4.90 Å². The lowest BCUT2D eigenvalue weighted by Crippen LogP contribution is -2.51. The molecule has 3 aromatic rings. The summed E-state index contributed by atoms with van der Waals surface area (Å²) in [5.41, 5.74) is 1.04. The van der Waals surface area contributed by atoms with Gasteiger partial charge < -0.3 is 5.11 Å². The van der Waals surface area contributed by atoms with Gasteiger partial charge in [0, 0.05) is 19.0 Å². The van der Waals surface area contributed by atoms with Crippen LogP contribution in [0.3, 0.4) is 0 Å². The Kier molecular flexibility index (Phi) is 6.63. The van der Waals surface area contributed by atoms with Gasteiger partial charge in [0.1, 0.15) is 17.5 Å². The zero-order valence-corrected chi connectivity index (χ0v) is 18.6. The number of carboxylic acid groups (broad SMARTS) is 1. The zero-order valence-electron chi connectivity index (χ0n) is 17.8. The number of carboxylic acids is 1. The molecule has 3 aromatic carbocycles. The third-order valence-corrected chi connectivity index (χ3v) is 7.05. The summed E-state index contributed by atoms with van der Waals surface area (Å²) < 4.78 is 68.0. The van der Waals surface area contributed by atoms with Crippen LogP contribution in [0, 0.1) is 23.4 Å². The summed E-state index contributed by atoms with van der Waals surface area (Å²) in [5.74, 6) is -3.50. The van der Waals surface area contributed by atoms with Crippen molar-refractivity contribution in [2.24, 2.45) is 5.92 Å². The average Bonchev–Trinajstić information content (AvgIpc) is 2.73. The number of hydrogen-bond donors (Lipinski definition) is 2. The van der Waals surface area contributed by atoms with Crippen molar-refractivity contribution in [2.75, 3.05) is 23.6 Å². The Morgan fingerprint density at radius 2 is 1.44 bits per heavy atom. The van der Waals surface area contributed by atoms with E-state index in [0.29, 0.717) is 13.1 Å². The highest BCUT2D eigenvalue weighted by atomic mass is 32.2. The summed E-state index contributed by atoms with van der Waals surface area (Å²) in [7, 11) is -3.88. The van der Waals surface area contributed by atoms with Crippen LogP contribution in [-0.4, -0.2) is 43.2 Å². The summed E-state index contributed by atoms with van der Waals surface area (Å²) >= 11 is 0. The van der Waals surface area contributed by atoms with Crippen molar-refractivity contribution < 1.29 is 31.5 Å². The van der Waals surface area contributed by atoms with Crippen molar-refractivity contribution in [3.05, 3.63) is 101 Å². The van der Waals surface area contributed by atoms with Crippen molar-refractivity contribution >= 4 is 21.7 Å². The predicted molar refractivity (Wildman–Crippen MR) is 120 cm³/mol. The van der Waals surface area contributed by atoms with Gasteiger partial charge in [-0.25, -0.2) is 26.4 Å². The molecule has 0 bridgehead atoms. The summed E-state index contributed by atoms with van der Waals surface area (Å²) in [6, 6.07) is 14.3. The first kappa shape index (κ1) is 23.8. The first-order valence-corrected chi connectivity index (χ1v) is 12.0. The number of nitrogens with zero attached hydrogens (tertiary/aromatic N) is 1. The summed E-state index contributed by atoms with van der Waals surface area (Å²) in [5, 5.41) is 9.03. The van der Waals surface area contributed by atoms with E-state index < -0.39 is 21.8 Å². The van der Waals surface area contributed by atoms with E-state index in [0.717, 1.165) is 29.3 Å². The normalized spacial score (nSPS) is 14.7. The Bertz CT molecular complexity index is 1250. The third kappa shape index (κ3) is 5.57. The molecular weight excluding hydrogens is 469 g/mol. The second-order valence-electron chi connectivity index (χ2n) is 8.24. The molecule has 0 aliphatic carbocycles. The van der Waals surface area contributed by atoms with Gasteiger partial charge in [0.15, 0.2) is 0 Å². The Morgan fingerprint density at radius 1 is 0.912 bits per heavy atom. The minimum atomic E-state index is -3.88. The van der Waals surface area contributed by atoms with Crippen LogP contribution >= 0.6 is 0 Å². The lowest BCUT2D eigenvalue weighted by Gasteiger charge is -2.44. The van der Waals surface area contributed by atoms with E-state index >= 15 is 0 Å². The quantitative estimate of drug-likeness (QED) is 0.493. The molecule has 34 heavy (non-hydrogen) atoms. The molecule has 0 atom stereocenters. The maximum atomic E-state index is 13.7. The molecule has 10 heteroatoms. The van der Waals surface area contributed by atoms with Crippen LogP contribution in [-0.2, 0) is 10.0 Å². The Hall–Kier alpha value is -3.37. The van der Waals surface area contributed by atoms with Crippen LogP contribution in [0.2, 0.25) is 0 Å². The molecule has 0 radical (unpaired) electrons. The number of likely N-dealkylation sites (tertiary alicyclic amines) is 1. The van der Waals surface area contributed by atoms with Crippen molar-refractivity contribution in [3.8, 4) is 0 Å². The number of benzene rings is 3. The van der Waals surface area contributed by atoms with Gasteiger partial charge in [-0.1, -0.05) is 24.3 Å². The molecule has 0 amide bonds. The third-order valence-electron chi connectivity index (χ3n) is 5.60. The van der Waals surface area contributed by atoms with Gasteiger partial charge in [-0.05, 0) is 53.6 Å². The topological polar surface area (TPSA) is 86.7 Å². The largest absolute Gasteiger partial charge is 0.478 e. The maximum Gasteiger partial charge on any atom is 0.335 e. The van der Waals surface area contributed by atoms with Crippen LogP contribution < -0.4 is 4.72 Å². The smallest absolute Gasteiger partial charge is 0.335 e. The van der Waals surface area contributed by atoms with Crippen molar-refractivity contribution in [1.82, 2.24) is 4.90 Å². The molecule has 1 heterocycles. The Morgan fingerprint density at radius 3 is 1.94 bits per heavy atom. The van der Waals surface area contributed by atoms with Gasteiger partial charge in [-0.3, -0.25) is 9.62 Å². The number of sulfonamides is 1. The molecule has 1 aliphatic rings. The SMILES string of the molecule is O=C(O)c1cc(F)cc(NS(=O)(=O)CC2CN(C(c3ccc(F)cc3)c3ccc(F)cc3)C2)c1. The monoisotopic (exact) mass is 490 g/mol. The Balaban J connectivity index is 1.46. The number of aromatic carboxylic acids is 1. The minimum Gasteiger partial charge on any atom is -0.478 e. The second-order valence-corrected chi connectivity index (χ2v) is 10.0. The summed E-state index contributed by atoms with van der Waals surface area (Å²) in [6.45, 7) is 0.813. The molecule has 0 saturated carbocycles. The summed E-state index contributed by atoms with van der Waals surface area (Å²) in [4.78, 5) is 13.1. The molecule has 6 nitrogen and oxygen atoms in total. The average molecular weight is 491 g/mol. The van der Waals surface area contributed by atoms with Crippen LogP contribution in [0.4, 0.5) is 18.9 Å². The number of halogens is 3. The van der Waals surface area contributed by atoms with Gasteiger partial charge in [0.25, 0.3) is 0 Å². The van der Waals surface area contributed by atoms with Gasteiger partial charge in [-0.15, -0.1) is 0 Å². The van der Waals surface area contributed by atoms with Gasteiger partial charge in [0.05, 0.1) is 23.0 Å². The first-order chi connectivity index (χ1) is 16.1. The molecule has 178 valence electrons. The summed E-state index contributed by atoms with van der Waals surface area (Å²) in [6.07, 6.45) is 0. The number of rotatable bonds is 8. The van der Waals surface area contributed by atoms with E-state index in [1.54, 1.807) is 24.3 Å². The Labute approximate surface area is 194 Å². The molecule has 1 fully saturated rings. The van der Waals surface area contributed by atoms with E-state index in [2.05, 4.69) is 4.72 Å². The molecule has 0 spiro atoms. The highest BCUT2D eigenvalue weighted by molar-refractivity contribution is 7.92. The molecule has 2 N–H and O–H groups in total. The van der Waals surface area contributed by atoms with Crippen molar-refractivity contribution in [1.29, 1.82) is 0 Å². The van der Waals surface area contributed by atoms with Gasteiger partial charge >= 0.3 is 5.97 Å². The molecule has 0 aromatic heterocycles. The number of anilines is 1. The number of nitrogens with one attached hydrogen (secondary N) is 1. The van der Waals surface area contributed by atoms with Crippen LogP contribution in [0.1, 0.15) is 27.5 Å². The fourth-order valence-corrected chi connectivity index (χ4v) is 5.53. The van der Waals surface area contributed by atoms with Crippen molar-refractivity contribution in [2.45, 2.75) is 6.04 Å². The zero-order chi connectivity index (χ0) is 24.5. The lowest BCUT2D eigenvalue weighted by molar-refractivity contribution is 0.0696. The van der Waals surface area contributed by atoms with Gasteiger partial charge in [0.2, 0.25) is 10.0 Å². The highest BCUT2D eigenvalue weighted by Gasteiger charge is 2.36. The first-order valence-electron chi connectivity index (χ1n) is 10.4. The molecular formula is C24H21F3N2O4S. The van der Waals surface area contributed by atoms with Gasteiger partial charge in [-0.2, -0.15) is 0 Å². The molecule has 4 rings (SSSR count). The maximum absolute atomic E-state index is 13.7. The van der Waals surface area contributed by atoms with Crippen LogP contribution in [0.25, 0.3) is 0 Å².